The Morgan fingerprint density at radius 3 is 2.44 bits per heavy atom. The van der Waals surface area contributed by atoms with E-state index in [1.165, 1.54) is 0 Å². The molecule has 6 nitrogen and oxygen atoms in total. The molecule has 0 saturated carbocycles. The Kier molecular flexibility index (Phi) is 7.49. The van der Waals surface area contributed by atoms with E-state index >= 15 is 0 Å². The molecule has 4 N–H and O–H groups in total. The number of carbonyl (C=O) groups excluding carboxylic acids is 2. The van der Waals surface area contributed by atoms with Gasteiger partial charge >= 0.3 is 0 Å². The number of rotatable bonds is 7. The Balaban J connectivity index is 3.61. The minimum Gasteiger partial charge on any atom is -0.353 e. The van der Waals surface area contributed by atoms with E-state index in [9.17, 15) is 9.59 Å². The third kappa shape index (κ3) is 8.19. The molecule has 0 aliphatic carbocycles. The van der Waals surface area contributed by atoms with Crippen LogP contribution in [-0.4, -0.2) is 42.9 Å². The Bertz CT molecular complexity index is 231. The second kappa shape index (κ2) is 8.06. The van der Waals surface area contributed by atoms with Gasteiger partial charge in [0.25, 0.3) is 0 Å². The zero-order valence-corrected chi connectivity index (χ0v) is 10.2. The maximum atomic E-state index is 11.4. The van der Waals surface area contributed by atoms with Crippen LogP contribution < -0.4 is 16.6 Å². The number of hydrazine groups is 1. The summed E-state index contributed by atoms with van der Waals surface area (Å²) in [4.78, 5) is 24.1. The van der Waals surface area contributed by atoms with Gasteiger partial charge in [0, 0.05) is 12.5 Å². The first-order valence-electron chi connectivity index (χ1n) is 5.43. The molecule has 0 radical (unpaired) electrons. The lowest BCUT2D eigenvalue weighted by Gasteiger charge is -2.17. The maximum absolute atomic E-state index is 11.4. The number of nitrogens with one attached hydrogen (secondary N) is 2. The average Bonchev–Trinajstić information content (AvgIpc) is 2.15. The monoisotopic (exact) mass is 230 g/mol. The predicted molar refractivity (Wildman–Crippen MR) is 62.3 cm³/mol. The summed E-state index contributed by atoms with van der Waals surface area (Å²) in [5, 5.41) is 2.80. The lowest BCUT2D eigenvalue weighted by Crippen LogP contribution is -2.39. The number of hydrogen-bond acceptors (Lipinski definition) is 4. The van der Waals surface area contributed by atoms with Crippen molar-refractivity contribution >= 4 is 11.8 Å². The highest BCUT2D eigenvalue weighted by molar-refractivity contribution is 5.78. The topological polar surface area (TPSA) is 87.5 Å². The molecule has 0 unspecified atom stereocenters. The van der Waals surface area contributed by atoms with E-state index in [2.05, 4.69) is 10.7 Å². The van der Waals surface area contributed by atoms with E-state index in [1.807, 2.05) is 25.8 Å². The van der Waals surface area contributed by atoms with Crippen molar-refractivity contribution in [3.63, 3.8) is 0 Å². The highest BCUT2D eigenvalue weighted by atomic mass is 16.2. The van der Waals surface area contributed by atoms with Crippen LogP contribution in [0.4, 0.5) is 0 Å². The fourth-order valence-corrected chi connectivity index (χ4v) is 1.27. The smallest absolute Gasteiger partial charge is 0.234 e. The zero-order chi connectivity index (χ0) is 12.6. The Hall–Kier alpha value is -1.14. The summed E-state index contributed by atoms with van der Waals surface area (Å²) in [6.07, 6.45) is 1.07. The van der Waals surface area contributed by atoms with Crippen molar-refractivity contribution in [1.29, 1.82) is 0 Å². The molecule has 0 aliphatic rings. The van der Waals surface area contributed by atoms with Gasteiger partial charge in [-0.1, -0.05) is 0 Å². The largest absolute Gasteiger partial charge is 0.353 e. The minimum absolute atomic E-state index is 0.000719. The van der Waals surface area contributed by atoms with Gasteiger partial charge in [0.05, 0.1) is 6.54 Å². The van der Waals surface area contributed by atoms with Crippen LogP contribution >= 0.6 is 0 Å². The van der Waals surface area contributed by atoms with Gasteiger partial charge < -0.3 is 5.32 Å². The molecule has 0 heterocycles. The van der Waals surface area contributed by atoms with Crippen molar-refractivity contribution in [2.45, 2.75) is 32.7 Å². The molecule has 0 atom stereocenters. The van der Waals surface area contributed by atoms with Crippen LogP contribution in [0.15, 0.2) is 0 Å². The van der Waals surface area contributed by atoms with Gasteiger partial charge in [0.2, 0.25) is 11.8 Å². The number of nitrogens with zero attached hydrogens (tertiary/aromatic N) is 1. The molecule has 2 amide bonds. The van der Waals surface area contributed by atoms with Gasteiger partial charge in [0.15, 0.2) is 0 Å². The SMILES string of the molecule is CC(C)NC(=O)CN(C)CCCC(=O)NN. The van der Waals surface area contributed by atoms with Crippen molar-refractivity contribution in [3.8, 4) is 0 Å². The zero-order valence-electron chi connectivity index (χ0n) is 10.2. The van der Waals surface area contributed by atoms with Crippen molar-refractivity contribution in [1.82, 2.24) is 15.6 Å². The van der Waals surface area contributed by atoms with Gasteiger partial charge in [-0.3, -0.25) is 19.9 Å². The van der Waals surface area contributed by atoms with E-state index < -0.39 is 0 Å². The lowest BCUT2D eigenvalue weighted by atomic mass is 10.3. The van der Waals surface area contributed by atoms with E-state index in [0.29, 0.717) is 25.9 Å². The van der Waals surface area contributed by atoms with Gasteiger partial charge in [-0.25, -0.2) is 5.84 Å². The second-order valence-electron chi connectivity index (χ2n) is 4.13. The van der Waals surface area contributed by atoms with E-state index in [4.69, 9.17) is 5.84 Å². The van der Waals surface area contributed by atoms with Crippen molar-refractivity contribution in [2.75, 3.05) is 20.1 Å². The normalized spacial score (nSPS) is 10.6. The molecule has 0 saturated heterocycles. The second-order valence-corrected chi connectivity index (χ2v) is 4.13. The molecule has 0 rings (SSSR count). The standard InChI is InChI=1S/C10H22N4O2/c1-8(2)12-10(16)7-14(3)6-4-5-9(15)13-11/h8H,4-7,11H2,1-3H3,(H,12,16)(H,13,15). The number of amides is 2. The van der Waals surface area contributed by atoms with Crippen molar-refractivity contribution < 1.29 is 9.59 Å². The summed E-state index contributed by atoms with van der Waals surface area (Å²) in [5.74, 6) is 4.77. The minimum atomic E-state index is -0.181. The van der Waals surface area contributed by atoms with Gasteiger partial charge in [-0.05, 0) is 33.9 Å². The fraction of sp³-hybridized carbons (Fsp3) is 0.800. The Morgan fingerprint density at radius 2 is 1.94 bits per heavy atom. The summed E-state index contributed by atoms with van der Waals surface area (Å²) >= 11 is 0. The van der Waals surface area contributed by atoms with Crippen LogP contribution in [0.5, 0.6) is 0 Å². The quantitative estimate of drug-likeness (QED) is 0.304. The average molecular weight is 230 g/mol. The van der Waals surface area contributed by atoms with Crippen LogP contribution in [0.3, 0.4) is 0 Å². The van der Waals surface area contributed by atoms with Gasteiger partial charge in [-0.15, -0.1) is 0 Å². The molecule has 6 heteroatoms. The van der Waals surface area contributed by atoms with Crippen LogP contribution in [0, 0.1) is 0 Å². The molecule has 0 fully saturated rings. The third-order valence-electron chi connectivity index (χ3n) is 1.97. The summed E-state index contributed by atoms with van der Waals surface area (Å²) in [7, 11) is 1.85. The first kappa shape index (κ1) is 14.9. The number of likely N-dealkylation sites (N-methyl/N-ethyl adjacent to an activating group) is 1. The maximum Gasteiger partial charge on any atom is 0.234 e. The van der Waals surface area contributed by atoms with Crippen molar-refractivity contribution in [3.05, 3.63) is 0 Å². The van der Waals surface area contributed by atoms with Crippen LogP contribution in [0.1, 0.15) is 26.7 Å². The molecule has 0 aromatic carbocycles. The molecule has 0 aromatic heterocycles. The van der Waals surface area contributed by atoms with Gasteiger partial charge in [-0.2, -0.15) is 0 Å². The van der Waals surface area contributed by atoms with Crippen LogP contribution in [-0.2, 0) is 9.59 Å². The molecule has 16 heavy (non-hydrogen) atoms. The summed E-state index contributed by atoms with van der Waals surface area (Å²) < 4.78 is 0. The predicted octanol–water partition coefficient (Wildman–Crippen LogP) is -0.787. The van der Waals surface area contributed by atoms with E-state index in [-0.39, 0.29) is 17.9 Å². The molecule has 94 valence electrons. The van der Waals surface area contributed by atoms with E-state index in [0.717, 1.165) is 0 Å². The third-order valence-corrected chi connectivity index (χ3v) is 1.97. The Morgan fingerprint density at radius 1 is 1.31 bits per heavy atom. The molecule has 0 aromatic rings. The fourth-order valence-electron chi connectivity index (χ4n) is 1.27. The van der Waals surface area contributed by atoms with Crippen molar-refractivity contribution in [2.24, 2.45) is 5.84 Å². The first-order chi connectivity index (χ1) is 7.45. The molecule has 0 aliphatic heterocycles. The number of hydrogen-bond donors (Lipinski definition) is 3. The van der Waals surface area contributed by atoms with Crippen LogP contribution in [0.25, 0.3) is 0 Å². The highest BCUT2D eigenvalue weighted by Crippen LogP contribution is 1.92. The molecule has 0 bridgehead atoms. The summed E-state index contributed by atoms with van der Waals surface area (Å²) in [6.45, 7) is 4.88. The summed E-state index contributed by atoms with van der Waals surface area (Å²) in [6, 6.07) is 0.156. The highest BCUT2D eigenvalue weighted by Gasteiger charge is 2.07. The lowest BCUT2D eigenvalue weighted by molar-refractivity contribution is -0.122. The van der Waals surface area contributed by atoms with E-state index in [1.54, 1.807) is 0 Å². The summed E-state index contributed by atoms with van der Waals surface area (Å²) in [5.41, 5.74) is 2.07. The Labute approximate surface area is 96.5 Å². The number of nitrogens with two attached hydrogens (primary N) is 1. The number of carbonyl (C=O) groups is 2. The first-order valence-corrected chi connectivity index (χ1v) is 5.43. The van der Waals surface area contributed by atoms with Gasteiger partial charge in [0.1, 0.15) is 0 Å². The molecule has 0 spiro atoms. The molecular formula is C10H22N4O2. The molecular weight excluding hydrogens is 208 g/mol. The van der Waals surface area contributed by atoms with Crippen LogP contribution in [0.2, 0.25) is 0 Å².